The molecule has 1 aliphatic rings. The van der Waals surface area contributed by atoms with E-state index in [0.29, 0.717) is 33.5 Å². The largest absolute Gasteiger partial charge is 0.495 e. The van der Waals surface area contributed by atoms with Gasteiger partial charge in [0.25, 0.3) is 11.8 Å². The number of rotatable bonds is 6. The van der Waals surface area contributed by atoms with E-state index in [4.69, 9.17) is 21.1 Å². The molecule has 1 N–H and O–H groups in total. The third-order valence-electron chi connectivity index (χ3n) is 5.42. The van der Waals surface area contributed by atoms with Crippen LogP contribution < -0.4 is 19.7 Å². The van der Waals surface area contributed by atoms with Crippen molar-refractivity contribution in [2.75, 3.05) is 24.4 Å². The van der Waals surface area contributed by atoms with Gasteiger partial charge in [-0.05, 0) is 55.3 Å². The SMILES string of the molecule is COc1ccc(Cl)cc1NC1=C(c2ccc(C)cc2)C(=O)N(c2cc(C)ccc2OC)C1=O. The summed E-state index contributed by atoms with van der Waals surface area (Å²) >= 11 is 6.19. The lowest BCUT2D eigenvalue weighted by Gasteiger charge is -2.19. The van der Waals surface area contributed by atoms with Gasteiger partial charge in [-0.2, -0.15) is 0 Å². The van der Waals surface area contributed by atoms with Crippen molar-refractivity contribution in [2.45, 2.75) is 13.8 Å². The van der Waals surface area contributed by atoms with Gasteiger partial charge in [-0.25, -0.2) is 4.90 Å². The summed E-state index contributed by atoms with van der Waals surface area (Å²) in [6.45, 7) is 3.85. The molecule has 3 aromatic rings. The molecule has 0 saturated carbocycles. The first kappa shape index (κ1) is 22.4. The van der Waals surface area contributed by atoms with Crippen LogP contribution in [0.2, 0.25) is 5.02 Å². The third-order valence-corrected chi connectivity index (χ3v) is 5.66. The molecule has 4 rings (SSSR count). The summed E-state index contributed by atoms with van der Waals surface area (Å²) in [6, 6.07) is 17.8. The van der Waals surface area contributed by atoms with Crippen molar-refractivity contribution >= 4 is 40.4 Å². The number of halogens is 1. The molecule has 3 aromatic carbocycles. The molecule has 0 aromatic heterocycles. The van der Waals surface area contributed by atoms with Crippen molar-refractivity contribution in [1.29, 1.82) is 0 Å². The number of benzene rings is 3. The molecule has 0 fully saturated rings. The first-order valence-electron chi connectivity index (χ1n) is 10.3. The Labute approximate surface area is 197 Å². The standard InChI is InChI=1S/C26H23ClN2O4/c1-15-5-8-17(9-6-15)23-24(28-19-14-18(27)10-12-21(19)32-3)26(31)29(25(23)30)20-13-16(2)7-11-22(20)33-4/h5-14,28H,1-4H3. The van der Waals surface area contributed by atoms with E-state index in [-0.39, 0.29) is 11.3 Å². The highest BCUT2D eigenvalue weighted by atomic mass is 35.5. The summed E-state index contributed by atoms with van der Waals surface area (Å²) in [4.78, 5) is 28.5. The fourth-order valence-corrected chi connectivity index (χ4v) is 3.91. The lowest BCUT2D eigenvalue weighted by atomic mass is 10.0. The minimum atomic E-state index is -0.499. The van der Waals surface area contributed by atoms with Crippen LogP contribution in [0.5, 0.6) is 11.5 Å². The van der Waals surface area contributed by atoms with Crippen molar-refractivity contribution < 1.29 is 19.1 Å². The van der Waals surface area contributed by atoms with Crippen LogP contribution in [-0.4, -0.2) is 26.0 Å². The highest BCUT2D eigenvalue weighted by Gasteiger charge is 2.41. The minimum absolute atomic E-state index is 0.132. The van der Waals surface area contributed by atoms with Crippen molar-refractivity contribution in [1.82, 2.24) is 0 Å². The molecule has 33 heavy (non-hydrogen) atoms. The summed E-state index contributed by atoms with van der Waals surface area (Å²) in [5.41, 5.74) is 3.80. The maximum atomic E-state index is 13.7. The number of hydrogen-bond donors (Lipinski definition) is 1. The summed E-state index contributed by atoms with van der Waals surface area (Å²) in [5.74, 6) is -0.0353. The van der Waals surface area contributed by atoms with Gasteiger partial charge in [-0.3, -0.25) is 9.59 Å². The molecule has 7 heteroatoms. The second-order valence-electron chi connectivity index (χ2n) is 7.71. The monoisotopic (exact) mass is 462 g/mol. The Hall–Kier alpha value is -3.77. The number of imide groups is 1. The number of anilines is 2. The van der Waals surface area contributed by atoms with E-state index in [1.165, 1.54) is 14.2 Å². The first-order valence-corrected chi connectivity index (χ1v) is 10.7. The van der Waals surface area contributed by atoms with Gasteiger partial charge in [-0.15, -0.1) is 0 Å². The average Bonchev–Trinajstić information content (AvgIpc) is 3.04. The fraction of sp³-hybridized carbons (Fsp3) is 0.154. The topological polar surface area (TPSA) is 67.9 Å². The molecule has 2 amide bonds. The highest BCUT2D eigenvalue weighted by Crippen LogP contribution is 2.39. The molecular weight excluding hydrogens is 440 g/mol. The van der Waals surface area contributed by atoms with Crippen LogP contribution in [0.25, 0.3) is 5.57 Å². The zero-order chi connectivity index (χ0) is 23.7. The van der Waals surface area contributed by atoms with Gasteiger partial charge >= 0.3 is 0 Å². The van der Waals surface area contributed by atoms with Crippen LogP contribution in [0.3, 0.4) is 0 Å². The number of amides is 2. The van der Waals surface area contributed by atoms with Gasteiger partial charge in [-0.1, -0.05) is 47.5 Å². The Morgan fingerprint density at radius 1 is 0.788 bits per heavy atom. The number of carbonyl (C=O) groups is 2. The zero-order valence-corrected chi connectivity index (χ0v) is 19.5. The van der Waals surface area contributed by atoms with Crippen LogP contribution in [0.4, 0.5) is 11.4 Å². The number of nitrogens with one attached hydrogen (secondary N) is 1. The molecule has 1 aliphatic heterocycles. The maximum Gasteiger partial charge on any atom is 0.282 e. The average molecular weight is 463 g/mol. The number of ether oxygens (including phenoxy) is 2. The van der Waals surface area contributed by atoms with Crippen LogP contribution in [-0.2, 0) is 9.59 Å². The van der Waals surface area contributed by atoms with Crippen LogP contribution >= 0.6 is 11.6 Å². The summed E-state index contributed by atoms with van der Waals surface area (Å²) in [5, 5.41) is 3.58. The first-order chi connectivity index (χ1) is 15.8. The molecule has 0 atom stereocenters. The Kier molecular flexibility index (Phi) is 6.11. The Morgan fingerprint density at radius 3 is 2.09 bits per heavy atom. The van der Waals surface area contributed by atoms with E-state index in [1.54, 1.807) is 30.3 Å². The van der Waals surface area contributed by atoms with Gasteiger partial charge in [0.15, 0.2) is 0 Å². The van der Waals surface area contributed by atoms with Crippen molar-refractivity contribution in [3.63, 3.8) is 0 Å². The second-order valence-corrected chi connectivity index (χ2v) is 8.14. The number of hydrogen-bond acceptors (Lipinski definition) is 5. The van der Waals surface area contributed by atoms with Crippen LogP contribution in [0.15, 0.2) is 66.4 Å². The zero-order valence-electron chi connectivity index (χ0n) is 18.7. The molecule has 6 nitrogen and oxygen atoms in total. The van der Waals surface area contributed by atoms with Gasteiger partial charge in [0.1, 0.15) is 17.2 Å². The normalized spacial score (nSPS) is 13.5. The number of methoxy groups -OCH3 is 2. The molecule has 0 unspecified atom stereocenters. The van der Waals surface area contributed by atoms with E-state index in [9.17, 15) is 9.59 Å². The molecule has 0 saturated heterocycles. The van der Waals surface area contributed by atoms with Crippen molar-refractivity contribution in [3.05, 3.63) is 88.1 Å². The summed E-state index contributed by atoms with van der Waals surface area (Å²) < 4.78 is 10.9. The van der Waals surface area contributed by atoms with Gasteiger partial charge in [0, 0.05) is 5.02 Å². The molecule has 0 bridgehead atoms. The molecule has 0 spiro atoms. The van der Waals surface area contributed by atoms with E-state index in [1.807, 2.05) is 44.2 Å². The summed E-state index contributed by atoms with van der Waals surface area (Å²) in [6.07, 6.45) is 0. The molecule has 168 valence electrons. The number of nitrogens with zero attached hydrogens (tertiary/aromatic N) is 1. The molecule has 0 radical (unpaired) electrons. The van der Waals surface area contributed by atoms with Gasteiger partial charge < -0.3 is 14.8 Å². The molecule has 1 heterocycles. The van der Waals surface area contributed by atoms with Gasteiger partial charge in [0.05, 0.1) is 31.2 Å². The highest BCUT2D eigenvalue weighted by molar-refractivity contribution is 6.46. The summed E-state index contributed by atoms with van der Waals surface area (Å²) in [7, 11) is 3.03. The second kappa shape index (κ2) is 9.00. The Morgan fingerprint density at radius 2 is 1.42 bits per heavy atom. The number of aryl methyl sites for hydroxylation is 2. The van der Waals surface area contributed by atoms with E-state index in [0.717, 1.165) is 16.0 Å². The maximum absolute atomic E-state index is 13.7. The van der Waals surface area contributed by atoms with E-state index >= 15 is 0 Å². The quantitative estimate of drug-likeness (QED) is 0.499. The lowest BCUT2D eigenvalue weighted by Crippen LogP contribution is -2.32. The smallest absolute Gasteiger partial charge is 0.282 e. The van der Waals surface area contributed by atoms with Gasteiger partial charge in [0.2, 0.25) is 0 Å². The third kappa shape index (κ3) is 4.17. The number of carbonyl (C=O) groups excluding carboxylic acids is 2. The Balaban J connectivity index is 1.89. The molecular formula is C26H23ClN2O4. The predicted molar refractivity (Wildman–Crippen MR) is 130 cm³/mol. The van der Waals surface area contributed by atoms with E-state index in [2.05, 4.69) is 5.32 Å². The minimum Gasteiger partial charge on any atom is -0.495 e. The van der Waals surface area contributed by atoms with Crippen LogP contribution in [0.1, 0.15) is 16.7 Å². The predicted octanol–water partition coefficient (Wildman–Crippen LogP) is 5.37. The Bertz CT molecular complexity index is 1280. The van der Waals surface area contributed by atoms with Crippen molar-refractivity contribution in [3.8, 4) is 11.5 Å². The molecule has 0 aliphatic carbocycles. The fourth-order valence-electron chi connectivity index (χ4n) is 3.74. The van der Waals surface area contributed by atoms with Crippen LogP contribution in [0, 0.1) is 13.8 Å². The van der Waals surface area contributed by atoms with Crippen molar-refractivity contribution in [2.24, 2.45) is 0 Å². The lowest BCUT2D eigenvalue weighted by molar-refractivity contribution is -0.120. The van der Waals surface area contributed by atoms with E-state index < -0.39 is 11.8 Å².